The average Bonchev–Trinajstić information content (AvgIpc) is 2.48. The largest absolute Gasteiger partial charge is 0.491 e. The standard InChI is InChI=1S/C16H17FN2O2/c1-12-5-3-4-6-14(12)21-10-9-19(2)16(20)13-7-8-18-15(17)11-13/h3-8,11H,9-10H2,1-2H3. The number of ether oxygens (including phenoxy) is 1. The molecule has 0 fully saturated rings. The molecule has 1 amide bonds. The zero-order chi connectivity index (χ0) is 15.2. The normalized spacial score (nSPS) is 10.2. The van der Waals surface area contributed by atoms with Gasteiger partial charge in [-0.05, 0) is 24.6 Å². The molecule has 0 saturated carbocycles. The lowest BCUT2D eigenvalue weighted by Gasteiger charge is -2.18. The molecule has 0 bridgehead atoms. The molecule has 2 rings (SSSR count). The van der Waals surface area contributed by atoms with Gasteiger partial charge in [0.2, 0.25) is 5.95 Å². The molecule has 0 atom stereocenters. The molecule has 1 aromatic carbocycles. The third-order valence-corrected chi connectivity index (χ3v) is 3.10. The van der Waals surface area contributed by atoms with Crippen LogP contribution in [0.2, 0.25) is 0 Å². The SMILES string of the molecule is Cc1ccccc1OCCN(C)C(=O)c1ccnc(F)c1. The smallest absolute Gasteiger partial charge is 0.253 e. The lowest BCUT2D eigenvalue weighted by molar-refractivity contribution is 0.0773. The van der Waals surface area contributed by atoms with E-state index < -0.39 is 5.95 Å². The molecule has 0 aliphatic rings. The van der Waals surface area contributed by atoms with E-state index in [0.29, 0.717) is 13.2 Å². The first-order valence-corrected chi connectivity index (χ1v) is 6.63. The molecule has 0 aliphatic carbocycles. The van der Waals surface area contributed by atoms with Gasteiger partial charge >= 0.3 is 0 Å². The molecule has 1 aromatic heterocycles. The van der Waals surface area contributed by atoms with Crippen LogP contribution >= 0.6 is 0 Å². The summed E-state index contributed by atoms with van der Waals surface area (Å²) in [6.07, 6.45) is 1.28. The number of likely N-dealkylation sites (N-methyl/N-ethyl adjacent to an activating group) is 1. The van der Waals surface area contributed by atoms with E-state index >= 15 is 0 Å². The number of nitrogens with zero attached hydrogens (tertiary/aromatic N) is 2. The number of carbonyl (C=O) groups excluding carboxylic acids is 1. The molecule has 21 heavy (non-hydrogen) atoms. The Labute approximate surface area is 123 Å². The lowest BCUT2D eigenvalue weighted by atomic mass is 10.2. The fraction of sp³-hybridized carbons (Fsp3) is 0.250. The van der Waals surface area contributed by atoms with E-state index in [0.717, 1.165) is 17.4 Å². The molecule has 0 radical (unpaired) electrons. The number of benzene rings is 1. The van der Waals surface area contributed by atoms with Gasteiger partial charge in [0.15, 0.2) is 0 Å². The summed E-state index contributed by atoms with van der Waals surface area (Å²) in [6.45, 7) is 2.75. The topological polar surface area (TPSA) is 42.4 Å². The summed E-state index contributed by atoms with van der Waals surface area (Å²) in [5, 5.41) is 0. The number of aromatic nitrogens is 1. The fourth-order valence-electron chi connectivity index (χ4n) is 1.87. The van der Waals surface area contributed by atoms with Crippen LogP contribution in [-0.2, 0) is 0 Å². The minimum Gasteiger partial charge on any atom is -0.491 e. The van der Waals surface area contributed by atoms with Gasteiger partial charge < -0.3 is 9.64 Å². The Balaban J connectivity index is 1.89. The van der Waals surface area contributed by atoms with Crippen molar-refractivity contribution < 1.29 is 13.9 Å². The first-order chi connectivity index (χ1) is 10.1. The molecule has 0 N–H and O–H groups in total. The first-order valence-electron chi connectivity index (χ1n) is 6.63. The van der Waals surface area contributed by atoms with Gasteiger partial charge in [-0.25, -0.2) is 4.98 Å². The number of para-hydroxylation sites is 1. The second kappa shape index (κ2) is 6.83. The highest BCUT2D eigenvalue weighted by atomic mass is 19.1. The van der Waals surface area contributed by atoms with Crippen LogP contribution in [0, 0.1) is 12.9 Å². The lowest BCUT2D eigenvalue weighted by Crippen LogP contribution is -2.31. The van der Waals surface area contributed by atoms with Crippen molar-refractivity contribution in [2.45, 2.75) is 6.92 Å². The molecular formula is C16H17FN2O2. The highest BCUT2D eigenvalue weighted by Crippen LogP contribution is 2.16. The number of hydrogen-bond acceptors (Lipinski definition) is 3. The molecule has 5 heteroatoms. The van der Waals surface area contributed by atoms with E-state index in [1.807, 2.05) is 31.2 Å². The van der Waals surface area contributed by atoms with E-state index in [1.165, 1.54) is 17.2 Å². The second-order valence-electron chi connectivity index (χ2n) is 4.71. The Morgan fingerprint density at radius 3 is 2.81 bits per heavy atom. The highest BCUT2D eigenvalue weighted by Gasteiger charge is 2.12. The van der Waals surface area contributed by atoms with E-state index in [9.17, 15) is 9.18 Å². The maximum Gasteiger partial charge on any atom is 0.253 e. The Hall–Kier alpha value is -2.43. The van der Waals surface area contributed by atoms with E-state index in [1.54, 1.807) is 7.05 Å². The van der Waals surface area contributed by atoms with Gasteiger partial charge in [0.25, 0.3) is 5.91 Å². The van der Waals surface area contributed by atoms with E-state index in [-0.39, 0.29) is 11.5 Å². The van der Waals surface area contributed by atoms with Crippen LogP contribution < -0.4 is 4.74 Å². The number of amides is 1. The zero-order valence-electron chi connectivity index (χ0n) is 12.0. The summed E-state index contributed by atoms with van der Waals surface area (Å²) >= 11 is 0. The van der Waals surface area contributed by atoms with Crippen LogP contribution in [-0.4, -0.2) is 36.0 Å². The first kappa shape index (κ1) is 15.0. The second-order valence-corrected chi connectivity index (χ2v) is 4.71. The predicted octanol–water partition coefficient (Wildman–Crippen LogP) is 2.68. The summed E-state index contributed by atoms with van der Waals surface area (Å²) in [6, 6.07) is 10.3. The number of rotatable bonds is 5. The number of aryl methyl sites for hydroxylation is 1. The Bertz CT molecular complexity index is 631. The Morgan fingerprint density at radius 1 is 1.33 bits per heavy atom. The third kappa shape index (κ3) is 4.02. The molecule has 1 heterocycles. The quantitative estimate of drug-likeness (QED) is 0.794. The molecule has 0 spiro atoms. The summed E-state index contributed by atoms with van der Waals surface area (Å²) in [4.78, 5) is 17.0. The van der Waals surface area contributed by atoms with Crippen LogP contribution in [0.3, 0.4) is 0 Å². The van der Waals surface area contributed by atoms with Gasteiger partial charge in [-0.3, -0.25) is 4.79 Å². The van der Waals surface area contributed by atoms with Gasteiger partial charge in [-0.15, -0.1) is 0 Å². The summed E-state index contributed by atoms with van der Waals surface area (Å²) < 4.78 is 18.6. The number of pyridine rings is 1. The van der Waals surface area contributed by atoms with Crippen molar-refractivity contribution >= 4 is 5.91 Å². The number of carbonyl (C=O) groups is 1. The van der Waals surface area contributed by atoms with Crippen LogP contribution in [0.1, 0.15) is 15.9 Å². The number of hydrogen-bond donors (Lipinski definition) is 0. The van der Waals surface area contributed by atoms with Gasteiger partial charge in [0.1, 0.15) is 12.4 Å². The molecule has 4 nitrogen and oxygen atoms in total. The monoisotopic (exact) mass is 288 g/mol. The molecule has 0 aliphatic heterocycles. The minimum atomic E-state index is -0.662. The molecular weight excluding hydrogens is 271 g/mol. The van der Waals surface area contributed by atoms with Gasteiger partial charge in [-0.2, -0.15) is 4.39 Å². The molecule has 0 unspecified atom stereocenters. The third-order valence-electron chi connectivity index (χ3n) is 3.10. The van der Waals surface area contributed by atoms with Gasteiger partial charge in [0, 0.05) is 24.9 Å². The van der Waals surface area contributed by atoms with Gasteiger partial charge in [0.05, 0.1) is 6.54 Å². The van der Waals surface area contributed by atoms with Crippen LogP contribution in [0.25, 0.3) is 0 Å². The minimum absolute atomic E-state index is 0.260. The summed E-state index contributed by atoms with van der Waals surface area (Å²) in [7, 11) is 1.65. The van der Waals surface area contributed by atoms with Crippen molar-refractivity contribution in [2.24, 2.45) is 0 Å². The van der Waals surface area contributed by atoms with Crippen molar-refractivity contribution in [1.82, 2.24) is 9.88 Å². The molecule has 0 saturated heterocycles. The van der Waals surface area contributed by atoms with Crippen molar-refractivity contribution in [1.29, 1.82) is 0 Å². The van der Waals surface area contributed by atoms with E-state index in [4.69, 9.17) is 4.74 Å². The van der Waals surface area contributed by atoms with E-state index in [2.05, 4.69) is 4.98 Å². The molecule has 110 valence electrons. The maximum absolute atomic E-state index is 13.0. The fourth-order valence-corrected chi connectivity index (χ4v) is 1.87. The van der Waals surface area contributed by atoms with Crippen LogP contribution in [0.15, 0.2) is 42.6 Å². The summed E-state index contributed by atoms with van der Waals surface area (Å²) in [5.41, 5.74) is 1.32. The predicted molar refractivity (Wildman–Crippen MR) is 77.8 cm³/mol. The van der Waals surface area contributed by atoms with Crippen molar-refractivity contribution in [2.75, 3.05) is 20.2 Å². The Kier molecular flexibility index (Phi) is 4.87. The number of halogens is 1. The Morgan fingerprint density at radius 2 is 2.10 bits per heavy atom. The average molecular weight is 288 g/mol. The van der Waals surface area contributed by atoms with Crippen molar-refractivity contribution in [3.63, 3.8) is 0 Å². The summed E-state index contributed by atoms with van der Waals surface area (Å²) in [5.74, 6) is -0.122. The van der Waals surface area contributed by atoms with Crippen molar-refractivity contribution in [3.05, 3.63) is 59.7 Å². The maximum atomic E-state index is 13.0. The zero-order valence-corrected chi connectivity index (χ0v) is 12.0. The van der Waals surface area contributed by atoms with Crippen LogP contribution in [0.5, 0.6) is 5.75 Å². The van der Waals surface area contributed by atoms with Crippen LogP contribution in [0.4, 0.5) is 4.39 Å². The van der Waals surface area contributed by atoms with Gasteiger partial charge in [-0.1, -0.05) is 18.2 Å². The van der Waals surface area contributed by atoms with Crippen molar-refractivity contribution in [3.8, 4) is 5.75 Å². The molecule has 2 aromatic rings. The highest BCUT2D eigenvalue weighted by molar-refractivity contribution is 5.93.